The monoisotopic (exact) mass is 431 g/mol. The van der Waals surface area contributed by atoms with Gasteiger partial charge in [0.15, 0.2) is 0 Å². The molecule has 1 amide bonds. The van der Waals surface area contributed by atoms with Crippen LogP contribution in [-0.2, 0) is 16.6 Å². The van der Waals surface area contributed by atoms with Gasteiger partial charge in [0, 0.05) is 15.8 Å². The number of aromatic nitrogens is 1. The van der Waals surface area contributed by atoms with Crippen LogP contribution in [0.5, 0.6) is 0 Å². The highest BCUT2D eigenvalue weighted by Gasteiger charge is 2.16. The van der Waals surface area contributed by atoms with Crippen molar-refractivity contribution in [3.05, 3.63) is 57.2 Å². The van der Waals surface area contributed by atoms with Gasteiger partial charge in [-0.15, -0.1) is 29.1 Å². The van der Waals surface area contributed by atoms with E-state index in [4.69, 9.17) is 6.42 Å². The number of benzene rings is 1. The summed E-state index contributed by atoms with van der Waals surface area (Å²) < 4.78 is 26.6. The number of nitrogens with one attached hydrogen (secondary N) is 2. The third-order valence-electron chi connectivity index (χ3n) is 3.73. The summed E-state index contributed by atoms with van der Waals surface area (Å²) in [5.41, 5.74) is 1.19. The molecule has 0 fully saturated rings. The van der Waals surface area contributed by atoms with Crippen LogP contribution in [0.2, 0.25) is 0 Å². The average molecular weight is 432 g/mol. The molecule has 2 heterocycles. The molecule has 3 aromatic rings. The molecule has 0 saturated carbocycles. The Bertz CT molecular complexity index is 1140. The summed E-state index contributed by atoms with van der Waals surface area (Å²) >= 11 is 3.15. The predicted molar refractivity (Wildman–Crippen MR) is 112 cm³/mol. The van der Waals surface area contributed by atoms with Gasteiger partial charge in [0.1, 0.15) is 0 Å². The summed E-state index contributed by atoms with van der Waals surface area (Å²) in [6.07, 6.45) is 5.08. The smallest absolute Gasteiger partial charge is 0.251 e. The molecule has 0 aliphatic heterocycles. The largest absolute Gasteiger partial charge is 0.347 e. The van der Waals surface area contributed by atoms with E-state index in [2.05, 4.69) is 20.9 Å². The normalized spacial score (nSPS) is 11.1. The third-order valence-corrected chi connectivity index (χ3v) is 7.01. The van der Waals surface area contributed by atoms with Crippen molar-refractivity contribution in [2.75, 3.05) is 6.54 Å². The molecule has 144 valence electrons. The molecule has 3 rings (SSSR count). The zero-order chi connectivity index (χ0) is 20.1. The van der Waals surface area contributed by atoms with Gasteiger partial charge in [0.2, 0.25) is 10.0 Å². The SMILES string of the molecule is C#CCNS(=O)(=O)c1cccc(C(=O)NCc2ccc(-c3csc(C)n3)s2)c1. The predicted octanol–water partition coefficient (Wildman–Crippen LogP) is 3.02. The number of carbonyl (C=O) groups is 1. The second-order valence-electron chi connectivity index (χ2n) is 5.76. The van der Waals surface area contributed by atoms with Crippen LogP contribution in [0.3, 0.4) is 0 Å². The Labute approximate surface area is 171 Å². The number of nitrogens with zero attached hydrogens (tertiary/aromatic N) is 1. The van der Waals surface area contributed by atoms with Gasteiger partial charge in [-0.25, -0.2) is 13.4 Å². The van der Waals surface area contributed by atoms with Crippen molar-refractivity contribution in [3.63, 3.8) is 0 Å². The van der Waals surface area contributed by atoms with Gasteiger partial charge < -0.3 is 5.32 Å². The Morgan fingerprint density at radius 2 is 2.11 bits per heavy atom. The van der Waals surface area contributed by atoms with E-state index in [1.807, 2.05) is 24.4 Å². The minimum atomic E-state index is -3.75. The van der Waals surface area contributed by atoms with Crippen LogP contribution in [0.15, 0.2) is 46.7 Å². The highest BCUT2D eigenvalue weighted by Crippen LogP contribution is 2.29. The molecule has 0 radical (unpaired) electrons. The second kappa shape index (κ2) is 8.67. The highest BCUT2D eigenvalue weighted by atomic mass is 32.2. The Morgan fingerprint density at radius 3 is 2.82 bits per heavy atom. The summed E-state index contributed by atoms with van der Waals surface area (Å²) in [5.74, 6) is 1.86. The average Bonchev–Trinajstić information content (AvgIpc) is 3.33. The first-order chi connectivity index (χ1) is 13.4. The lowest BCUT2D eigenvalue weighted by Crippen LogP contribution is -2.25. The lowest BCUT2D eigenvalue weighted by molar-refractivity contribution is 0.0951. The topological polar surface area (TPSA) is 88.2 Å². The first-order valence-corrected chi connectivity index (χ1v) is 11.4. The molecular weight excluding hydrogens is 414 g/mol. The first-order valence-electron chi connectivity index (χ1n) is 8.21. The van der Waals surface area contributed by atoms with Crippen LogP contribution < -0.4 is 10.0 Å². The van der Waals surface area contributed by atoms with E-state index < -0.39 is 10.0 Å². The molecular formula is C19H17N3O3S3. The van der Waals surface area contributed by atoms with Crippen LogP contribution in [0, 0.1) is 19.3 Å². The van der Waals surface area contributed by atoms with E-state index in [9.17, 15) is 13.2 Å². The molecule has 0 saturated heterocycles. The van der Waals surface area contributed by atoms with Gasteiger partial charge in [-0.05, 0) is 37.3 Å². The van der Waals surface area contributed by atoms with Crippen LogP contribution in [0.4, 0.5) is 0 Å². The van der Waals surface area contributed by atoms with Gasteiger partial charge in [-0.3, -0.25) is 4.79 Å². The van der Waals surface area contributed by atoms with Crippen molar-refractivity contribution < 1.29 is 13.2 Å². The Hall–Kier alpha value is -2.51. The van der Waals surface area contributed by atoms with Crippen LogP contribution in [0.25, 0.3) is 10.6 Å². The van der Waals surface area contributed by atoms with Crippen molar-refractivity contribution in [3.8, 4) is 22.9 Å². The summed E-state index contributed by atoms with van der Waals surface area (Å²) in [6.45, 7) is 2.19. The number of thiophene rings is 1. The number of rotatable bonds is 7. The number of aryl methyl sites for hydroxylation is 1. The molecule has 9 heteroatoms. The quantitative estimate of drug-likeness (QED) is 0.563. The van der Waals surface area contributed by atoms with Gasteiger partial charge in [0.25, 0.3) is 5.91 Å². The van der Waals surface area contributed by atoms with E-state index in [1.54, 1.807) is 28.7 Å². The molecule has 6 nitrogen and oxygen atoms in total. The maximum Gasteiger partial charge on any atom is 0.251 e. The molecule has 0 atom stereocenters. The summed E-state index contributed by atoms with van der Waals surface area (Å²) in [4.78, 5) is 18.9. The Balaban J connectivity index is 1.66. The maximum absolute atomic E-state index is 12.4. The Kier molecular flexibility index (Phi) is 6.26. The standard InChI is InChI=1S/C19H17N3O3S3/c1-3-9-21-28(24,25)16-6-4-5-14(10-16)19(23)20-11-15-7-8-18(27-15)17-12-26-13(2)22-17/h1,4-8,10,12,21H,9,11H2,2H3,(H,20,23). The molecule has 28 heavy (non-hydrogen) atoms. The maximum atomic E-state index is 12.4. The molecule has 1 aromatic carbocycles. The molecule has 0 aliphatic rings. The first kappa shape index (κ1) is 20.2. The van der Waals surface area contributed by atoms with E-state index in [1.165, 1.54) is 18.2 Å². The number of hydrogen-bond acceptors (Lipinski definition) is 6. The number of thiazole rings is 1. The van der Waals surface area contributed by atoms with Crippen LogP contribution in [-0.4, -0.2) is 25.9 Å². The number of sulfonamides is 1. The fourth-order valence-corrected chi connectivity index (χ4v) is 4.96. The summed E-state index contributed by atoms with van der Waals surface area (Å²) in [5, 5.41) is 5.82. The van der Waals surface area contributed by atoms with Crippen molar-refractivity contribution >= 4 is 38.6 Å². The molecule has 2 N–H and O–H groups in total. The molecule has 0 aliphatic carbocycles. The lowest BCUT2D eigenvalue weighted by atomic mass is 10.2. The molecule has 0 unspecified atom stereocenters. The van der Waals surface area contributed by atoms with E-state index in [0.717, 1.165) is 20.5 Å². The fraction of sp³-hybridized carbons (Fsp3) is 0.158. The Morgan fingerprint density at radius 1 is 1.29 bits per heavy atom. The zero-order valence-corrected chi connectivity index (χ0v) is 17.4. The van der Waals surface area contributed by atoms with Crippen molar-refractivity contribution in [1.82, 2.24) is 15.0 Å². The number of terminal acetylenes is 1. The van der Waals surface area contributed by atoms with Crippen molar-refractivity contribution in [2.24, 2.45) is 0 Å². The fourth-order valence-electron chi connectivity index (χ4n) is 2.38. The minimum absolute atomic E-state index is 0.00675. The number of hydrogen-bond donors (Lipinski definition) is 2. The zero-order valence-electron chi connectivity index (χ0n) is 14.9. The third kappa shape index (κ3) is 4.85. The van der Waals surface area contributed by atoms with Gasteiger partial charge >= 0.3 is 0 Å². The summed E-state index contributed by atoms with van der Waals surface area (Å²) in [7, 11) is -3.75. The van der Waals surface area contributed by atoms with Crippen LogP contribution in [0.1, 0.15) is 20.2 Å². The van der Waals surface area contributed by atoms with Gasteiger partial charge in [-0.2, -0.15) is 4.72 Å². The lowest BCUT2D eigenvalue weighted by Gasteiger charge is -2.07. The summed E-state index contributed by atoms with van der Waals surface area (Å²) in [6, 6.07) is 9.74. The van der Waals surface area contributed by atoms with Crippen molar-refractivity contribution in [2.45, 2.75) is 18.4 Å². The molecule has 0 bridgehead atoms. The number of amides is 1. The van der Waals surface area contributed by atoms with Gasteiger partial charge in [-0.1, -0.05) is 12.0 Å². The number of carbonyl (C=O) groups excluding carboxylic acids is 1. The van der Waals surface area contributed by atoms with E-state index >= 15 is 0 Å². The molecule has 2 aromatic heterocycles. The molecule has 0 spiro atoms. The highest BCUT2D eigenvalue weighted by molar-refractivity contribution is 7.89. The van der Waals surface area contributed by atoms with Crippen molar-refractivity contribution in [1.29, 1.82) is 0 Å². The minimum Gasteiger partial charge on any atom is -0.347 e. The van der Waals surface area contributed by atoms with Crippen LogP contribution >= 0.6 is 22.7 Å². The van der Waals surface area contributed by atoms with E-state index in [-0.39, 0.29) is 22.9 Å². The van der Waals surface area contributed by atoms with E-state index in [0.29, 0.717) is 6.54 Å². The second-order valence-corrected chi connectivity index (χ2v) is 9.75. The van der Waals surface area contributed by atoms with Gasteiger partial charge in [0.05, 0.1) is 33.6 Å².